The number of hydrogen-bond donors (Lipinski definition) is 3. The molecule has 0 saturated heterocycles. The number of nitrogens with zero attached hydrogens (tertiary/aromatic N) is 1. The minimum atomic E-state index is -0.0248. The average molecular weight is 434 g/mol. The largest absolute Gasteiger partial charge is 1.00 e. The van der Waals surface area contributed by atoms with Gasteiger partial charge < -0.3 is 31.6 Å². The molecular formula is C19H20BrN3O4. The maximum Gasteiger partial charge on any atom is 0.356 e. The fourth-order valence-electron chi connectivity index (χ4n) is 3.02. The second-order valence-corrected chi connectivity index (χ2v) is 6.07. The van der Waals surface area contributed by atoms with Gasteiger partial charge in [0.15, 0.2) is 17.3 Å². The average Bonchev–Trinajstić information content (AvgIpc) is 3.26. The van der Waals surface area contributed by atoms with Gasteiger partial charge in [0, 0.05) is 18.6 Å². The number of benzene rings is 2. The highest BCUT2D eigenvalue weighted by atomic mass is 79.9. The molecule has 0 aliphatic carbocycles. The van der Waals surface area contributed by atoms with Gasteiger partial charge in [-0.3, -0.25) is 10.1 Å². The normalized spacial score (nSPS) is 12.0. The number of aromatic nitrogens is 2. The van der Waals surface area contributed by atoms with E-state index in [1.165, 1.54) is 0 Å². The standard InChI is InChI=1S/C19H19N3O4.BrH/c23-9-3-8-20-19-21-14-4-1-2-5-15(14)22(19)11-16(24)13-6-7-17-18(10-13)26-12-25-17;/h1-2,4-7,10,23H,3,8-9,11-12H2,(H,20,21);1H. The molecule has 1 aliphatic rings. The number of ether oxygens (including phenoxy) is 2. The highest BCUT2D eigenvalue weighted by Gasteiger charge is 2.22. The van der Waals surface area contributed by atoms with Gasteiger partial charge in [-0.1, -0.05) is 12.1 Å². The molecule has 0 amide bonds. The second kappa shape index (κ2) is 8.41. The number of aliphatic hydroxyl groups is 1. The smallest absolute Gasteiger partial charge is 0.356 e. The van der Waals surface area contributed by atoms with Gasteiger partial charge in [0.25, 0.3) is 0 Å². The van der Waals surface area contributed by atoms with Crippen LogP contribution in [0.5, 0.6) is 11.5 Å². The Morgan fingerprint density at radius 1 is 1.19 bits per heavy atom. The first-order valence-corrected chi connectivity index (χ1v) is 8.54. The fraction of sp³-hybridized carbons (Fsp3) is 0.263. The van der Waals surface area contributed by atoms with E-state index >= 15 is 0 Å². The van der Waals surface area contributed by atoms with Crippen molar-refractivity contribution in [2.24, 2.45) is 0 Å². The van der Waals surface area contributed by atoms with Gasteiger partial charge >= 0.3 is 5.95 Å². The highest BCUT2D eigenvalue weighted by molar-refractivity contribution is 5.96. The van der Waals surface area contributed by atoms with Crippen LogP contribution in [0.1, 0.15) is 16.8 Å². The summed E-state index contributed by atoms with van der Waals surface area (Å²) >= 11 is 0. The maximum atomic E-state index is 12.8. The summed E-state index contributed by atoms with van der Waals surface area (Å²) in [7, 11) is 0. The molecule has 0 unspecified atom stereocenters. The summed E-state index contributed by atoms with van der Waals surface area (Å²) in [5.41, 5.74) is 2.46. The van der Waals surface area contributed by atoms with Gasteiger partial charge in [-0.15, -0.1) is 0 Å². The second-order valence-electron chi connectivity index (χ2n) is 6.07. The Morgan fingerprint density at radius 2 is 2.00 bits per heavy atom. The Morgan fingerprint density at radius 3 is 2.85 bits per heavy atom. The Kier molecular flexibility index (Phi) is 5.98. The van der Waals surface area contributed by atoms with E-state index in [9.17, 15) is 4.79 Å². The molecule has 8 heteroatoms. The number of para-hydroxylation sites is 2. The minimum absolute atomic E-state index is 0. The van der Waals surface area contributed by atoms with Crippen LogP contribution in [0, 0.1) is 0 Å². The van der Waals surface area contributed by atoms with Gasteiger partial charge in [-0.05, 0) is 30.3 Å². The number of ketones is 1. The summed E-state index contributed by atoms with van der Waals surface area (Å²) < 4.78 is 12.6. The molecule has 0 spiro atoms. The first-order chi connectivity index (χ1) is 12.8. The summed E-state index contributed by atoms with van der Waals surface area (Å²) in [6.07, 6.45) is 0.630. The number of aliphatic hydroxyl groups excluding tert-OH is 1. The summed E-state index contributed by atoms with van der Waals surface area (Å²) in [6, 6.07) is 13.1. The molecular weight excluding hydrogens is 414 g/mol. The van der Waals surface area contributed by atoms with Crippen molar-refractivity contribution in [3.8, 4) is 11.5 Å². The van der Waals surface area contributed by atoms with Crippen molar-refractivity contribution < 1.29 is 40.9 Å². The molecule has 0 fully saturated rings. The number of carbonyl (C=O) groups excluding carboxylic acids is 1. The summed E-state index contributed by atoms with van der Waals surface area (Å²) in [6.45, 7) is 1.10. The lowest BCUT2D eigenvalue weighted by molar-refractivity contribution is -0.642. The lowest BCUT2D eigenvalue weighted by atomic mass is 10.1. The lowest BCUT2D eigenvalue weighted by Crippen LogP contribution is -3.00. The number of anilines is 1. The molecule has 142 valence electrons. The molecule has 7 nitrogen and oxygen atoms in total. The van der Waals surface area contributed by atoms with Crippen LogP contribution in [0.15, 0.2) is 42.5 Å². The third-order valence-corrected chi connectivity index (χ3v) is 4.34. The van der Waals surface area contributed by atoms with Gasteiger partial charge in [-0.2, -0.15) is 0 Å². The minimum Gasteiger partial charge on any atom is -1.00 e. The lowest BCUT2D eigenvalue weighted by Gasteiger charge is -2.05. The van der Waals surface area contributed by atoms with Crippen LogP contribution < -0.4 is 36.3 Å². The van der Waals surface area contributed by atoms with Crippen molar-refractivity contribution in [2.75, 3.05) is 25.3 Å². The molecule has 0 radical (unpaired) electrons. The van der Waals surface area contributed by atoms with Crippen molar-refractivity contribution in [1.82, 2.24) is 4.98 Å². The fourth-order valence-corrected chi connectivity index (χ4v) is 3.02. The zero-order chi connectivity index (χ0) is 17.9. The van der Waals surface area contributed by atoms with Crippen LogP contribution in [-0.2, 0) is 6.54 Å². The van der Waals surface area contributed by atoms with E-state index < -0.39 is 0 Å². The summed E-state index contributed by atoms with van der Waals surface area (Å²) in [5, 5.41) is 12.2. The number of rotatable bonds is 7. The van der Waals surface area contributed by atoms with Crippen molar-refractivity contribution in [3.63, 3.8) is 0 Å². The molecule has 27 heavy (non-hydrogen) atoms. The van der Waals surface area contributed by atoms with Crippen molar-refractivity contribution >= 4 is 22.8 Å². The predicted octanol–water partition coefficient (Wildman–Crippen LogP) is -1.13. The molecule has 0 saturated carbocycles. The number of nitrogens with one attached hydrogen (secondary N) is 2. The maximum absolute atomic E-state index is 12.8. The summed E-state index contributed by atoms with van der Waals surface area (Å²) in [4.78, 5) is 16.1. The van der Waals surface area contributed by atoms with E-state index in [0.29, 0.717) is 30.0 Å². The van der Waals surface area contributed by atoms with E-state index in [-0.39, 0.29) is 42.7 Å². The third kappa shape index (κ3) is 3.91. The molecule has 1 aromatic heterocycles. The Labute approximate surface area is 166 Å². The molecule has 0 atom stereocenters. The van der Waals surface area contributed by atoms with Crippen LogP contribution in [0.2, 0.25) is 0 Å². The number of fused-ring (bicyclic) bond motifs is 2. The van der Waals surface area contributed by atoms with E-state index in [1.54, 1.807) is 18.2 Å². The number of Topliss-reactive ketones (excluding diaryl/α,β-unsaturated/α-hetero) is 1. The predicted molar refractivity (Wildman–Crippen MR) is 95.6 cm³/mol. The number of H-pyrrole nitrogens is 1. The van der Waals surface area contributed by atoms with E-state index in [0.717, 1.165) is 17.0 Å². The third-order valence-electron chi connectivity index (χ3n) is 4.34. The zero-order valence-electron chi connectivity index (χ0n) is 14.6. The number of carbonyl (C=O) groups is 1. The first kappa shape index (κ1) is 19.2. The molecule has 0 bridgehead atoms. The Bertz CT molecular complexity index is 957. The van der Waals surface area contributed by atoms with Gasteiger partial charge in [0.1, 0.15) is 17.6 Å². The van der Waals surface area contributed by atoms with Gasteiger partial charge in [0.2, 0.25) is 6.79 Å². The first-order valence-electron chi connectivity index (χ1n) is 8.54. The molecule has 2 heterocycles. The van der Waals surface area contributed by atoms with Crippen LogP contribution in [0.3, 0.4) is 0 Å². The number of imidazole rings is 1. The molecule has 4 rings (SSSR count). The molecule has 3 aromatic rings. The van der Waals surface area contributed by atoms with Crippen LogP contribution in [-0.4, -0.2) is 35.8 Å². The quantitative estimate of drug-likeness (QED) is 0.249. The number of aromatic amines is 1. The zero-order valence-corrected chi connectivity index (χ0v) is 16.2. The van der Waals surface area contributed by atoms with Crippen LogP contribution >= 0.6 is 0 Å². The summed E-state index contributed by atoms with van der Waals surface area (Å²) in [5.74, 6) is 1.98. The van der Waals surface area contributed by atoms with Crippen molar-refractivity contribution in [1.29, 1.82) is 0 Å². The van der Waals surface area contributed by atoms with E-state index in [2.05, 4.69) is 10.3 Å². The molecule has 2 aromatic carbocycles. The van der Waals surface area contributed by atoms with Crippen molar-refractivity contribution in [3.05, 3.63) is 48.0 Å². The highest BCUT2D eigenvalue weighted by Crippen LogP contribution is 2.32. The van der Waals surface area contributed by atoms with Gasteiger partial charge in [0.05, 0.1) is 6.54 Å². The molecule has 1 aliphatic heterocycles. The van der Waals surface area contributed by atoms with Crippen LogP contribution in [0.25, 0.3) is 11.0 Å². The van der Waals surface area contributed by atoms with Gasteiger partial charge in [-0.25, -0.2) is 9.55 Å². The topological polar surface area (TPSA) is 87.5 Å². The van der Waals surface area contributed by atoms with Crippen LogP contribution in [0.4, 0.5) is 5.95 Å². The van der Waals surface area contributed by atoms with E-state index in [4.69, 9.17) is 14.6 Å². The van der Waals surface area contributed by atoms with E-state index in [1.807, 2.05) is 28.8 Å². The van der Waals surface area contributed by atoms with Crippen molar-refractivity contribution in [2.45, 2.75) is 13.0 Å². The Balaban J connectivity index is 0.00000210. The molecule has 3 N–H and O–H groups in total. The number of hydrogen-bond acceptors (Lipinski definition) is 5. The SMILES string of the molecule is O=C(C[n+]1c(NCCCO)[nH]c2ccccc21)c1ccc2c(c1)OCO2.[Br-]. The number of halogens is 1. The Hall–Kier alpha value is -2.58. The monoisotopic (exact) mass is 433 g/mol.